The molecule has 0 aliphatic carbocycles. The minimum atomic E-state index is -0.198. The van der Waals surface area contributed by atoms with Crippen LogP contribution >= 0.6 is 0 Å². The number of amides is 1. The number of likely N-dealkylation sites (N-methyl/N-ethyl adjacent to an activating group) is 1. The number of carbonyl (C=O) groups is 1. The molecule has 2 heterocycles. The maximum absolute atomic E-state index is 12.3. The summed E-state index contributed by atoms with van der Waals surface area (Å²) in [5.74, 6) is 5.30. The molecule has 1 aromatic rings. The molecule has 2 rings (SSSR count). The number of aromatic nitrogens is 1. The fraction of sp³-hybridized carbons (Fsp3) is 0.429. The monoisotopic (exact) mass is 259 g/mol. The fourth-order valence-electron chi connectivity index (χ4n) is 1.96. The second-order valence-corrected chi connectivity index (χ2v) is 4.52. The van der Waals surface area contributed by atoms with Crippen LogP contribution in [0.3, 0.4) is 0 Å². The highest BCUT2D eigenvalue weighted by Gasteiger charge is 2.20. The lowest BCUT2D eigenvalue weighted by molar-refractivity contribution is 0.0663. The number of aliphatic hydroxyl groups is 1. The Morgan fingerprint density at radius 3 is 2.79 bits per heavy atom. The van der Waals surface area contributed by atoms with Gasteiger partial charge in [-0.2, -0.15) is 0 Å². The first-order valence-corrected chi connectivity index (χ1v) is 6.23. The van der Waals surface area contributed by atoms with Gasteiger partial charge in [0.05, 0.1) is 5.56 Å². The highest BCUT2D eigenvalue weighted by Crippen LogP contribution is 2.08. The van der Waals surface area contributed by atoms with Crippen LogP contribution in [0.5, 0.6) is 0 Å². The van der Waals surface area contributed by atoms with Gasteiger partial charge in [-0.15, -0.1) is 0 Å². The standard InChI is InChI=1S/C14H17N3O2/c1-16-4-6-17(7-5-16)14(19)13-9-12(3-2-8-18)10-15-11-13/h9-11,18H,4-8H2,1H3. The molecule has 1 saturated heterocycles. The van der Waals surface area contributed by atoms with E-state index in [1.165, 1.54) is 0 Å². The molecule has 1 fully saturated rings. The lowest BCUT2D eigenvalue weighted by Gasteiger charge is -2.32. The van der Waals surface area contributed by atoms with Gasteiger partial charge in [0.25, 0.3) is 5.91 Å². The van der Waals surface area contributed by atoms with Crippen molar-refractivity contribution in [3.8, 4) is 11.8 Å². The normalized spacial score (nSPS) is 15.8. The van der Waals surface area contributed by atoms with E-state index in [0.29, 0.717) is 11.1 Å². The molecule has 0 unspecified atom stereocenters. The number of hydrogen-bond donors (Lipinski definition) is 1. The van der Waals surface area contributed by atoms with E-state index in [0.717, 1.165) is 26.2 Å². The summed E-state index contributed by atoms with van der Waals surface area (Å²) in [6, 6.07) is 1.72. The number of carbonyl (C=O) groups excluding carboxylic acids is 1. The molecule has 5 heteroatoms. The summed E-state index contributed by atoms with van der Waals surface area (Å²) >= 11 is 0. The molecule has 0 bridgehead atoms. The Morgan fingerprint density at radius 1 is 1.37 bits per heavy atom. The summed E-state index contributed by atoms with van der Waals surface area (Å²) in [5.41, 5.74) is 1.20. The average molecular weight is 259 g/mol. The van der Waals surface area contributed by atoms with Crippen molar-refractivity contribution in [1.29, 1.82) is 0 Å². The van der Waals surface area contributed by atoms with E-state index in [9.17, 15) is 4.79 Å². The summed E-state index contributed by atoms with van der Waals surface area (Å²) in [7, 11) is 2.05. The first-order valence-electron chi connectivity index (χ1n) is 6.23. The number of rotatable bonds is 1. The minimum Gasteiger partial charge on any atom is -0.384 e. The van der Waals surface area contributed by atoms with E-state index in [4.69, 9.17) is 5.11 Å². The largest absolute Gasteiger partial charge is 0.384 e. The van der Waals surface area contributed by atoms with E-state index >= 15 is 0 Å². The molecule has 1 amide bonds. The Morgan fingerprint density at radius 2 is 2.11 bits per heavy atom. The topological polar surface area (TPSA) is 56.7 Å². The van der Waals surface area contributed by atoms with Crippen LogP contribution in [0.25, 0.3) is 0 Å². The van der Waals surface area contributed by atoms with Crippen molar-refractivity contribution in [3.63, 3.8) is 0 Å². The van der Waals surface area contributed by atoms with Crippen molar-refractivity contribution in [2.45, 2.75) is 0 Å². The van der Waals surface area contributed by atoms with Crippen LogP contribution in [0.4, 0.5) is 0 Å². The van der Waals surface area contributed by atoms with Gasteiger partial charge in [0, 0.05) is 44.1 Å². The number of hydrogen-bond acceptors (Lipinski definition) is 4. The number of aliphatic hydroxyl groups excluding tert-OH is 1. The van der Waals surface area contributed by atoms with Gasteiger partial charge in [-0.25, -0.2) is 0 Å². The molecule has 1 aromatic heterocycles. The fourth-order valence-corrected chi connectivity index (χ4v) is 1.96. The van der Waals surface area contributed by atoms with Crippen molar-refractivity contribution in [2.24, 2.45) is 0 Å². The third-order valence-electron chi connectivity index (χ3n) is 3.09. The van der Waals surface area contributed by atoms with Gasteiger partial charge in [-0.1, -0.05) is 11.8 Å². The van der Waals surface area contributed by atoms with Crippen molar-refractivity contribution < 1.29 is 9.90 Å². The van der Waals surface area contributed by atoms with Crippen LogP contribution in [-0.2, 0) is 0 Å². The Kier molecular flexibility index (Phi) is 4.50. The number of piperazine rings is 1. The van der Waals surface area contributed by atoms with Crippen molar-refractivity contribution >= 4 is 5.91 Å². The van der Waals surface area contributed by atoms with Crippen LogP contribution in [0.1, 0.15) is 15.9 Å². The zero-order chi connectivity index (χ0) is 13.7. The molecule has 1 aliphatic rings. The third kappa shape index (κ3) is 3.53. The Bertz CT molecular complexity index is 511. The van der Waals surface area contributed by atoms with Crippen LogP contribution in [-0.4, -0.2) is 65.6 Å². The predicted octanol–water partition coefficient (Wildman–Crippen LogP) is -0.187. The van der Waals surface area contributed by atoms with Gasteiger partial charge in [-0.05, 0) is 13.1 Å². The lowest BCUT2D eigenvalue weighted by Crippen LogP contribution is -2.47. The molecule has 0 spiro atoms. The molecule has 0 saturated carbocycles. The molecule has 1 aliphatic heterocycles. The van der Waals surface area contributed by atoms with E-state index in [2.05, 4.69) is 28.8 Å². The average Bonchev–Trinajstić information content (AvgIpc) is 2.45. The number of nitrogens with zero attached hydrogens (tertiary/aromatic N) is 3. The van der Waals surface area contributed by atoms with Crippen molar-refractivity contribution in [1.82, 2.24) is 14.8 Å². The molecule has 19 heavy (non-hydrogen) atoms. The van der Waals surface area contributed by atoms with Gasteiger partial charge in [0.1, 0.15) is 6.61 Å². The van der Waals surface area contributed by atoms with Gasteiger partial charge >= 0.3 is 0 Å². The van der Waals surface area contributed by atoms with Gasteiger partial charge < -0.3 is 14.9 Å². The zero-order valence-corrected chi connectivity index (χ0v) is 11.0. The SMILES string of the molecule is CN1CCN(C(=O)c2cncc(C#CCO)c2)CC1. The number of pyridine rings is 1. The summed E-state index contributed by atoms with van der Waals surface area (Å²) in [4.78, 5) is 20.4. The smallest absolute Gasteiger partial charge is 0.255 e. The van der Waals surface area contributed by atoms with Crippen LogP contribution in [0.2, 0.25) is 0 Å². The minimum absolute atomic E-state index is 0.00625. The Hall–Kier alpha value is -1.90. The van der Waals surface area contributed by atoms with Gasteiger partial charge in [0.2, 0.25) is 0 Å². The molecular formula is C14H17N3O2. The first-order chi connectivity index (χ1) is 9.20. The van der Waals surface area contributed by atoms with Crippen molar-refractivity contribution in [2.75, 3.05) is 39.8 Å². The van der Waals surface area contributed by atoms with Crippen LogP contribution < -0.4 is 0 Å². The third-order valence-corrected chi connectivity index (χ3v) is 3.09. The summed E-state index contributed by atoms with van der Waals surface area (Å²) in [6.07, 6.45) is 3.15. The maximum atomic E-state index is 12.3. The second-order valence-electron chi connectivity index (χ2n) is 4.52. The van der Waals surface area contributed by atoms with Crippen LogP contribution in [0.15, 0.2) is 18.5 Å². The summed E-state index contributed by atoms with van der Waals surface area (Å²) in [6.45, 7) is 3.06. The predicted molar refractivity (Wildman–Crippen MR) is 71.6 cm³/mol. The summed E-state index contributed by atoms with van der Waals surface area (Å²) in [5, 5.41) is 8.66. The molecule has 0 atom stereocenters. The van der Waals surface area contributed by atoms with Crippen molar-refractivity contribution in [3.05, 3.63) is 29.6 Å². The second kappa shape index (κ2) is 6.32. The first kappa shape index (κ1) is 13.5. The van der Waals surface area contributed by atoms with Gasteiger partial charge in [0.15, 0.2) is 0 Å². The lowest BCUT2D eigenvalue weighted by atomic mass is 10.1. The molecule has 5 nitrogen and oxygen atoms in total. The highest BCUT2D eigenvalue weighted by atomic mass is 16.2. The van der Waals surface area contributed by atoms with Gasteiger partial charge in [-0.3, -0.25) is 9.78 Å². The van der Waals surface area contributed by atoms with E-state index in [-0.39, 0.29) is 12.5 Å². The quantitative estimate of drug-likeness (QED) is 0.710. The molecule has 0 aromatic carbocycles. The van der Waals surface area contributed by atoms with E-state index < -0.39 is 0 Å². The molecule has 0 radical (unpaired) electrons. The summed E-state index contributed by atoms with van der Waals surface area (Å²) < 4.78 is 0. The van der Waals surface area contributed by atoms with E-state index in [1.54, 1.807) is 18.5 Å². The van der Waals surface area contributed by atoms with Crippen LogP contribution in [0, 0.1) is 11.8 Å². The molecular weight excluding hydrogens is 242 g/mol. The van der Waals surface area contributed by atoms with E-state index in [1.807, 2.05) is 4.90 Å². The molecule has 100 valence electrons. The Balaban J connectivity index is 2.10. The molecule has 1 N–H and O–H groups in total. The Labute approximate surface area is 112 Å². The maximum Gasteiger partial charge on any atom is 0.255 e. The highest BCUT2D eigenvalue weighted by molar-refractivity contribution is 5.94. The zero-order valence-electron chi connectivity index (χ0n) is 11.0.